The maximum absolute atomic E-state index is 12.4. The summed E-state index contributed by atoms with van der Waals surface area (Å²) in [5, 5.41) is 6.74. The minimum atomic E-state index is -0.249. The highest BCUT2D eigenvalue weighted by Gasteiger charge is 2.34. The molecule has 2 bridgehead atoms. The number of amides is 1. The Kier molecular flexibility index (Phi) is 6.98. The Labute approximate surface area is 163 Å². The summed E-state index contributed by atoms with van der Waals surface area (Å²) >= 11 is 0. The summed E-state index contributed by atoms with van der Waals surface area (Å²) in [7, 11) is 0. The molecule has 2 aliphatic heterocycles. The predicted octanol–water partition coefficient (Wildman–Crippen LogP) is 4.13. The highest BCUT2D eigenvalue weighted by molar-refractivity contribution is 5.85. The van der Waals surface area contributed by atoms with Gasteiger partial charge in [-0.05, 0) is 70.9 Å². The van der Waals surface area contributed by atoms with E-state index in [-0.39, 0.29) is 23.9 Å². The minimum absolute atomic E-state index is 0. The molecule has 2 unspecified atom stereocenters. The number of rotatable bonds is 5. The van der Waals surface area contributed by atoms with Crippen LogP contribution < -0.4 is 15.4 Å². The first kappa shape index (κ1) is 21.0. The third kappa shape index (κ3) is 5.88. The lowest BCUT2D eigenvalue weighted by molar-refractivity contribution is -0.122. The molecule has 26 heavy (non-hydrogen) atoms. The Bertz CT molecular complexity index is 615. The lowest BCUT2D eigenvalue weighted by Gasteiger charge is -2.28. The van der Waals surface area contributed by atoms with Crippen molar-refractivity contribution >= 4 is 18.3 Å². The molecule has 3 rings (SSSR count). The molecule has 0 spiro atoms. The number of nitrogens with one attached hydrogen (secondary N) is 2. The van der Waals surface area contributed by atoms with Gasteiger partial charge in [0.1, 0.15) is 11.4 Å². The van der Waals surface area contributed by atoms with Crippen molar-refractivity contribution in [3.05, 3.63) is 29.3 Å². The van der Waals surface area contributed by atoms with Crippen LogP contribution in [0.25, 0.3) is 0 Å². The summed E-state index contributed by atoms with van der Waals surface area (Å²) in [5.41, 5.74) is 1.96. The number of piperidine rings is 1. The predicted molar refractivity (Wildman–Crippen MR) is 108 cm³/mol. The fraction of sp³-hybridized carbons (Fsp3) is 0.667. The van der Waals surface area contributed by atoms with Crippen molar-refractivity contribution in [2.45, 2.75) is 84.0 Å². The van der Waals surface area contributed by atoms with Crippen LogP contribution in [0.2, 0.25) is 0 Å². The molecule has 1 aromatic rings. The molecule has 0 aromatic heterocycles. The van der Waals surface area contributed by atoms with E-state index in [4.69, 9.17) is 4.74 Å². The second-order valence-corrected chi connectivity index (χ2v) is 8.78. The summed E-state index contributed by atoms with van der Waals surface area (Å²) in [6.45, 7) is 8.72. The largest absolute Gasteiger partial charge is 0.488 e. The van der Waals surface area contributed by atoms with Crippen LogP contribution in [0.15, 0.2) is 18.2 Å². The van der Waals surface area contributed by atoms with Crippen molar-refractivity contribution in [1.29, 1.82) is 0 Å². The van der Waals surface area contributed by atoms with Gasteiger partial charge in [-0.25, -0.2) is 0 Å². The molecule has 2 atom stereocenters. The summed E-state index contributed by atoms with van der Waals surface area (Å²) in [5.74, 6) is 1.56. The van der Waals surface area contributed by atoms with E-state index in [2.05, 4.69) is 35.8 Å². The molecule has 0 aliphatic carbocycles. The lowest BCUT2D eigenvalue weighted by Crippen LogP contribution is -2.39. The first-order valence-corrected chi connectivity index (χ1v) is 9.60. The van der Waals surface area contributed by atoms with E-state index in [1.54, 1.807) is 0 Å². The van der Waals surface area contributed by atoms with Gasteiger partial charge in [-0.2, -0.15) is 0 Å². The summed E-state index contributed by atoms with van der Waals surface area (Å²) < 4.78 is 6.07. The first-order chi connectivity index (χ1) is 11.8. The van der Waals surface area contributed by atoms with Gasteiger partial charge in [-0.3, -0.25) is 4.79 Å². The molecule has 0 saturated carbocycles. The van der Waals surface area contributed by atoms with E-state index in [1.807, 2.05) is 20.8 Å². The Morgan fingerprint density at radius 1 is 1.23 bits per heavy atom. The highest BCUT2D eigenvalue weighted by Crippen LogP contribution is 2.32. The molecule has 4 nitrogen and oxygen atoms in total. The monoisotopic (exact) mass is 380 g/mol. The van der Waals surface area contributed by atoms with Crippen LogP contribution in [0, 0.1) is 12.8 Å². The quantitative estimate of drug-likeness (QED) is 0.807. The van der Waals surface area contributed by atoms with E-state index < -0.39 is 0 Å². The normalized spacial score (nSPS) is 24.7. The van der Waals surface area contributed by atoms with E-state index in [1.165, 1.54) is 18.4 Å². The molecular weight excluding hydrogens is 348 g/mol. The maximum atomic E-state index is 12.4. The minimum Gasteiger partial charge on any atom is -0.488 e. The van der Waals surface area contributed by atoms with Crippen LogP contribution in [0.1, 0.15) is 64.0 Å². The van der Waals surface area contributed by atoms with E-state index in [9.17, 15) is 4.79 Å². The van der Waals surface area contributed by atoms with Crippen molar-refractivity contribution < 1.29 is 9.53 Å². The number of hydrogen-bond acceptors (Lipinski definition) is 3. The topological polar surface area (TPSA) is 50.4 Å². The molecular formula is C21H33ClN2O2. The van der Waals surface area contributed by atoms with Gasteiger partial charge in [0.2, 0.25) is 5.91 Å². The number of aryl methyl sites for hydroxylation is 1. The van der Waals surface area contributed by atoms with Crippen LogP contribution in [0.5, 0.6) is 5.75 Å². The number of fused-ring (bicyclic) bond motifs is 2. The Hall–Kier alpha value is -1.26. The second kappa shape index (κ2) is 8.62. The van der Waals surface area contributed by atoms with Crippen molar-refractivity contribution in [3.8, 4) is 5.75 Å². The van der Waals surface area contributed by atoms with Gasteiger partial charge in [-0.1, -0.05) is 12.1 Å². The average molecular weight is 381 g/mol. The molecule has 146 valence electrons. The van der Waals surface area contributed by atoms with Crippen LogP contribution >= 0.6 is 12.4 Å². The molecule has 2 aliphatic rings. The molecule has 1 aromatic carbocycles. The zero-order valence-electron chi connectivity index (χ0n) is 16.4. The van der Waals surface area contributed by atoms with Gasteiger partial charge in [0.05, 0.1) is 0 Å². The van der Waals surface area contributed by atoms with Crippen LogP contribution in [0.4, 0.5) is 0 Å². The molecule has 0 radical (unpaired) electrons. The lowest BCUT2D eigenvalue weighted by atomic mass is 9.89. The van der Waals surface area contributed by atoms with E-state index in [0.717, 1.165) is 24.2 Å². The third-order valence-electron chi connectivity index (χ3n) is 5.16. The Morgan fingerprint density at radius 2 is 1.88 bits per heavy atom. The number of ether oxygens (including phenoxy) is 1. The van der Waals surface area contributed by atoms with Crippen molar-refractivity contribution in [2.75, 3.05) is 0 Å². The van der Waals surface area contributed by atoms with Gasteiger partial charge in [0, 0.05) is 30.6 Å². The first-order valence-electron chi connectivity index (χ1n) is 9.60. The third-order valence-corrected chi connectivity index (χ3v) is 5.16. The maximum Gasteiger partial charge on any atom is 0.220 e. The van der Waals surface area contributed by atoms with Gasteiger partial charge < -0.3 is 15.4 Å². The molecule has 2 saturated heterocycles. The van der Waals surface area contributed by atoms with E-state index in [0.29, 0.717) is 31.0 Å². The van der Waals surface area contributed by atoms with E-state index >= 15 is 0 Å². The zero-order valence-corrected chi connectivity index (χ0v) is 17.2. The van der Waals surface area contributed by atoms with Crippen molar-refractivity contribution in [1.82, 2.24) is 10.6 Å². The smallest absolute Gasteiger partial charge is 0.220 e. The van der Waals surface area contributed by atoms with Crippen LogP contribution in [0.3, 0.4) is 0 Å². The zero-order chi connectivity index (χ0) is 18.0. The van der Waals surface area contributed by atoms with Gasteiger partial charge in [-0.15, -0.1) is 12.4 Å². The van der Waals surface area contributed by atoms with Crippen LogP contribution in [-0.2, 0) is 11.3 Å². The molecule has 2 heterocycles. The molecule has 2 fully saturated rings. The van der Waals surface area contributed by atoms with Gasteiger partial charge in [0.15, 0.2) is 0 Å². The number of hydrogen-bond donors (Lipinski definition) is 2. The van der Waals surface area contributed by atoms with Crippen molar-refractivity contribution in [3.63, 3.8) is 0 Å². The number of carbonyl (C=O) groups is 1. The molecule has 5 heteroatoms. The van der Waals surface area contributed by atoms with Gasteiger partial charge in [0.25, 0.3) is 0 Å². The SMILES string of the molecule is Cc1ccc(CNC(=O)CC2CC3CCC(C2)N3)c(OC(C)(C)C)c1.Cl. The Morgan fingerprint density at radius 3 is 2.50 bits per heavy atom. The van der Waals surface area contributed by atoms with Crippen LogP contribution in [-0.4, -0.2) is 23.6 Å². The fourth-order valence-electron chi connectivity index (χ4n) is 4.10. The number of carbonyl (C=O) groups excluding carboxylic acids is 1. The fourth-order valence-corrected chi connectivity index (χ4v) is 4.10. The summed E-state index contributed by atoms with van der Waals surface area (Å²) in [6, 6.07) is 7.46. The number of halogens is 1. The highest BCUT2D eigenvalue weighted by atomic mass is 35.5. The van der Waals surface area contributed by atoms with Crippen molar-refractivity contribution in [2.24, 2.45) is 5.92 Å². The summed E-state index contributed by atoms with van der Waals surface area (Å²) in [6.07, 6.45) is 5.50. The standard InChI is InChI=1S/C21H32N2O2.ClH/c1-14-5-6-16(19(9-14)25-21(2,3)4)13-22-20(24)12-15-10-17-7-8-18(11-15)23-17;/h5-6,9,15,17-18,23H,7-8,10-13H2,1-4H3,(H,22,24);1H. The summed E-state index contributed by atoms with van der Waals surface area (Å²) in [4.78, 5) is 12.4. The average Bonchev–Trinajstić information content (AvgIpc) is 2.83. The van der Waals surface area contributed by atoms with Gasteiger partial charge >= 0.3 is 0 Å². The molecule has 1 amide bonds. The number of benzene rings is 1. The Balaban J connectivity index is 0.00000243. The molecule has 2 N–H and O–H groups in total. The second-order valence-electron chi connectivity index (χ2n) is 8.78.